The van der Waals surface area contributed by atoms with E-state index >= 15 is 0 Å². The maximum Gasteiger partial charge on any atom is 0.333 e. The first kappa shape index (κ1) is 22.6. The molecule has 4 rings (SSSR count). The van der Waals surface area contributed by atoms with Gasteiger partial charge in [0.15, 0.2) is 0 Å². The second-order valence-electron chi connectivity index (χ2n) is 6.40. The molecule has 1 aromatic heterocycles. The molecule has 0 bridgehead atoms. The van der Waals surface area contributed by atoms with Gasteiger partial charge in [0.2, 0.25) is 0 Å². The first-order valence-electron chi connectivity index (χ1n) is 8.64. The SMILES string of the molecule is O=C(Nc1cc(Cl)c(N2C(=O)c3ccccc3C2=O)c(Cl)c1)NS(=O)(=O)c1ccc(Cl)s1. The van der Waals surface area contributed by atoms with E-state index in [2.05, 4.69) is 5.32 Å². The van der Waals surface area contributed by atoms with Crippen molar-refractivity contribution in [1.29, 1.82) is 0 Å². The van der Waals surface area contributed by atoms with Crippen molar-refractivity contribution in [2.75, 3.05) is 10.2 Å². The average Bonchev–Trinajstić information content (AvgIpc) is 3.25. The van der Waals surface area contributed by atoms with Crippen LogP contribution in [-0.2, 0) is 10.0 Å². The fraction of sp³-hybridized carbons (Fsp3) is 0. The fourth-order valence-electron chi connectivity index (χ4n) is 3.01. The number of halogens is 3. The number of imide groups is 1. The van der Waals surface area contributed by atoms with Gasteiger partial charge in [-0.1, -0.05) is 46.9 Å². The molecule has 164 valence electrons. The topological polar surface area (TPSA) is 113 Å². The van der Waals surface area contributed by atoms with Crippen LogP contribution in [0.1, 0.15) is 20.7 Å². The minimum absolute atomic E-state index is 0.0391. The van der Waals surface area contributed by atoms with Crippen LogP contribution in [-0.4, -0.2) is 26.3 Å². The van der Waals surface area contributed by atoms with E-state index in [1.54, 1.807) is 12.1 Å². The highest BCUT2D eigenvalue weighted by molar-refractivity contribution is 7.92. The number of nitrogens with zero attached hydrogens (tertiary/aromatic N) is 1. The van der Waals surface area contributed by atoms with Gasteiger partial charge in [-0.15, -0.1) is 11.3 Å². The molecule has 2 aromatic carbocycles. The Bertz CT molecular complexity index is 1350. The second-order valence-corrected chi connectivity index (χ2v) is 10.8. The number of nitrogens with one attached hydrogen (secondary N) is 2. The number of benzene rings is 2. The van der Waals surface area contributed by atoms with E-state index in [-0.39, 0.29) is 41.1 Å². The van der Waals surface area contributed by atoms with Crippen LogP contribution in [0.2, 0.25) is 14.4 Å². The molecule has 2 heterocycles. The molecule has 8 nitrogen and oxygen atoms in total. The molecule has 0 aliphatic carbocycles. The molecule has 0 unspecified atom stereocenters. The van der Waals surface area contributed by atoms with Crippen LogP contribution in [0, 0.1) is 0 Å². The minimum atomic E-state index is -4.14. The zero-order chi connectivity index (χ0) is 23.2. The Labute approximate surface area is 200 Å². The zero-order valence-electron chi connectivity index (χ0n) is 15.6. The van der Waals surface area contributed by atoms with Crippen molar-refractivity contribution < 1.29 is 22.8 Å². The molecule has 1 aliphatic rings. The second kappa shape index (κ2) is 8.38. The number of rotatable bonds is 4. The van der Waals surface area contributed by atoms with Crippen molar-refractivity contribution in [1.82, 2.24) is 4.72 Å². The van der Waals surface area contributed by atoms with Gasteiger partial charge in [-0.05, 0) is 36.4 Å². The number of hydrogen-bond acceptors (Lipinski definition) is 6. The number of anilines is 2. The lowest BCUT2D eigenvalue weighted by Crippen LogP contribution is -2.34. The number of fused-ring (bicyclic) bond motifs is 1. The van der Waals surface area contributed by atoms with Gasteiger partial charge in [-0.3, -0.25) is 9.59 Å². The lowest BCUT2D eigenvalue weighted by molar-refractivity contribution is 0.0926. The van der Waals surface area contributed by atoms with E-state index in [4.69, 9.17) is 34.8 Å². The highest BCUT2D eigenvalue weighted by Gasteiger charge is 2.38. The van der Waals surface area contributed by atoms with E-state index in [0.29, 0.717) is 0 Å². The summed E-state index contributed by atoms with van der Waals surface area (Å²) in [4.78, 5) is 38.4. The van der Waals surface area contributed by atoms with Crippen LogP contribution >= 0.6 is 46.1 Å². The molecule has 0 saturated carbocycles. The van der Waals surface area contributed by atoms with Gasteiger partial charge in [-0.2, -0.15) is 0 Å². The first-order valence-corrected chi connectivity index (χ1v) is 12.1. The van der Waals surface area contributed by atoms with E-state index in [1.807, 2.05) is 4.72 Å². The van der Waals surface area contributed by atoms with Crippen molar-refractivity contribution in [3.8, 4) is 0 Å². The number of urea groups is 1. The molecule has 0 atom stereocenters. The molecular weight excluding hydrogens is 521 g/mol. The van der Waals surface area contributed by atoms with Crippen molar-refractivity contribution in [2.24, 2.45) is 0 Å². The summed E-state index contributed by atoms with van der Waals surface area (Å²) in [7, 11) is -4.14. The minimum Gasteiger partial charge on any atom is -0.307 e. The van der Waals surface area contributed by atoms with Crippen molar-refractivity contribution in [2.45, 2.75) is 4.21 Å². The third kappa shape index (κ3) is 4.07. The van der Waals surface area contributed by atoms with E-state index < -0.39 is 27.9 Å². The van der Waals surface area contributed by atoms with Crippen LogP contribution in [0.15, 0.2) is 52.7 Å². The molecule has 0 fully saturated rings. The predicted octanol–water partition coefficient (Wildman–Crippen LogP) is 5.02. The highest BCUT2D eigenvalue weighted by Crippen LogP contribution is 2.40. The lowest BCUT2D eigenvalue weighted by atomic mass is 10.1. The number of amides is 4. The van der Waals surface area contributed by atoms with Gasteiger partial charge >= 0.3 is 6.03 Å². The molecule has 0 saturated heterocycles. The first-order chi connectivity index (χ1) is 15.1. The Morgan fingerprint density at radius 2 is 1.47 bits per heavy atom. The summed E-state index contributed by atoms with van der Waals surface area (Å²) in [5, 5.41) is 2.10. The Morgan fingerprint density at radius 3 is 1.97 bits per heavy atom. The fourth-order valence-corrected chi connectivity index (χ4v) is 6.06. The third-order valence-electron chi connectivity index (χ3n) is 4.33. The van der Waals surface area contributed by atoms with Crippen LogP contribution in [0.4, 0.5) is 16.2 Å². The van der Waals surface area contributed by atoms with Crippen molar-refractivity contribution in [3.63, 3.8) is 0 Å². The van der Waals surface area contributed by atoms with Gasteiger partial charge in [0, 0.05) is 5.69 Å². The average molecular weight is 531 g/mol. The maximum absolute atomic E-state index is 12.7. The van der Waals surface area contributed by atoms with Gasteiger partial charge in [0.25, 0.3) is 21.8 Å². The molecule has 4 amide bonds. The van der Waals surface area contributed by atoms with Gasteiger partial charge in [-0.25, -0.2) is 22.8 Å². The maximum atomic E-state index is 12.7. The molecule has 2 N–H and O–H groups in total. The number of thiophene rings is 1. The molecule has 0 spiro atoms. The number of sulfonamides is 1. The van der Waals surface area contributed by atoms with E-state index in [0.717, 1.165) is 16.2 Å². The van der Waals surface area contributed by atoms with Crippen molar-refractivity contribution in [3.05, 3.63) is 74.0 Å². The predicted molar refractivity (Wildman–Crippen MR) is 123 cm³/mol. The molecule has 13 heteroatoms. The Balaban J connectivity index is 1.57. The van der Waals surface area contributed by atoms with Gasteiger partial charge < -0.3 is 5.32 Å². The van der Waals surface area contributed by atoms with Crippen LogP contribution < -0.4 is 14.9 Å². The smallest absolute Gasteiger partial charge is 0.307 e. The summed E-state index contributed by atoms with van der Waals surface area (Å²) >= 11 is 19.1. The van der Waals surface area contributed by atoms with Gasteiger partial charge in [0.1, 0.15) is 4.21 Å². The monoisotopic (exact) mass is 529 g/mol. The third-order valence-corrected chi connectivity index (χ3v) is 7.96. The Hall–Kier alpha value is -2.63. The summed E-state index contributed by atoms with van der Waals surface area (Å²) in [5.74, 6) is -1.18. The molecule has 3 aromatic rings. The summed E-state index contributed by atoms with van der Waals surface area (Å²) < 4.78 is 26.4. The summed E-state index contributed by atoms with van der Waals surface area (Å²) in [6, 6.07) is 10.3. The zero-order valence-corrected chi connectivity index (χ0v) is 19.5. The Morgan fingerprint density at radius 1 is 0.906 bits per heavy atom. The number of carbonyl (C=O) groups is 3. The van der Waals surface area contributed by atoms with Crippen LogP contribution in [0.5, 0.6) is 0 Å². The van der Waals surface area contributed by atoms with E-state index in [1.165, 1.54) is 36.4 Å². The lowest BCUT2D eigenvalue weighted by Gasteiger charge is -2.18. The molecule has 0 radical (unpaired) electrons. The highest BCUT2D eigenvalue weighted by atomic mass is 35.5. The molecular formula is C19H10Cl3N3O5S2. The normalized spacial score (nSPS) is 13.3. The largest absolute Gasteiger partial charge is 0.333 e. The summed E-state index contributed by atoms with van der Waals surface area (Å²) in [6.45, 7) is 0. The van der Waals surface area contributed by atoms with Crippen LogP contribution in [0.25, 0.3) is 0 Å². The number of hydrogen-bond donors (Lipinski definition) is 2. The molecule has 1 aliphatic heterocycles. The standard InChI is InChI=1S/C19H10Cl3N3O5S2/c20-12-7-9(23-19(28)24-32(29,30)15-6-5-14(22)31-15)8-13(21)16(12)25-17(26)10-3-1-2-4-11(10)18(25)27/h1-8H,(H2,23,24,28). The Kier molecular flexibility index (Phi) is 5.91. The summed E-state index contributed by atoms with van der Waals surface area (Å²) in [6.07, 6.45) is 0. The quantitative estimate of drug-likeness (QED) is 0.460. The van der Waals surface area contributed by atoms with Crippen molar-refractivity contribution >= 4 is 85.4 Å². The summed E-state index contributed by atoms with van der Waals surface area (Å²) in [5.41, 5.74) is 0.416. The number of carbonyl (C=O) groups excluding carboxylic acids is 3. The van der Waals surface area contributed by atoms with E-state index in [9.17, 15) is 22.8 Å². The van der Waals surface area contributed by atoms with Crippen LogP contribution in [0.3, 0.4) is 0 Å². The molecule has 32 heavy (non-hydrogen) atoms. The van der Waals surface area contributed by atoms with Gasteiger partial charge in [0.05, 0.1) is 31.2 Å².